The first-order valence-electron chi connectivity index (χ1n) is 7.73. The third-order valence-corrected chi connectivity index (χ3v) is 4.38. The average molecular weight is 431 g/mol. The van der Waals surface area contributed by atoms with Crippen LogP contribution in [0.2, 0.25) is 0 Å². The van der Waals surface area contributed by atoms with Gasteiger partial charge in [0.15, 0.2) is 5.11 Å². The minimum atomic E-state index is -1.81. The first kappa shape index (κ1) is 20.8. The highest BCUT2D eigenvalue weighted by molar-refractivity contribution is 7.80. The summed E-state index contributed by atoms with van der Waals surface area (Å²) in [5.41, 5.74) is 3.40. The molecule has 0 saturated carbocycles. The van der Waals surface area contributed by atoms with Gasteiger partial charge in [0.25, 0.3) is 5.91 Å². The number of rotatable bonds is 4. The summed E-state index contributed by atoms with van der Waals surface area (Å²) in [5, 5.41) is 8.67. The number of hydrogen-bond donors (Lipinski definition) is 3. The van der Waals surface area contributed by atoms with Gasteiger partial charge >= 0.3 is 0 Å². The Morgan fingerprint density at radius 2 is 1.42 bits per heavy atom. The van der Waals surface area contributed by atoms with Crippen LogP contribution in [-0.4, -0.2) is 21.0 Å². The molecule has 0 aliphatic heterocycles. The van der Waals surface area contributed by atoms with E-state index in [0.29, 0.717) is 5.56 Å². The maximum Gasteiger partial charge on any atom is 0.252 e. The minimum Gasteiger partial charge on any atom is -0.339 e. The fraction of sp³-hybridized carbons (Fsp3) is 0.222. The van der Waals surface area contributed by atoms with Gasteiger partial charge in [0.05, 0.1) is 0 Å². The number of anilines is 1. The van der Waals surface area contributed by atoms with E-state index in [1.165, 1.54) is 0 Å². The molecule has 0 fully saturated rings. The van der Waals surface area contributed by atoms with Gasteiger partial charge in [0, 0.05) is 11.3 Å². The molecule has 8 heteroatoms. The minimum absolute atomic E-state index is 0.217. The molecule has 4 nitrogen and oxygen atoms in total. The zero-order valence-corrected chi connectivity index (χ0v) is 17.2. The van der Waals surface area contributed by atoms with Crippen LogP contribution < -0.4 is 16.0 Å². The van der Waals surface area contributed by atoms with Gasteiger partial charge < -0.3 is 16.0 Å². The van der Waals surface area contributed by atoms with Crippen molar-refractivity contribution in [2.45, 2.75) is 23.8 Å². The van der Waals surface area contributed by atoms with Gasteiger partial charge in [-0.15, -0.1) is 0 Å². The molecular weight excluding hydrogens is 413 g/mol. The molecular formula is C18H18Cl3N3OS. The van der Waals surface area contributed by atoms with Gasteiger partial charge in [-0.05, 0) is 50.3 Å². The standard InChI is InChI=1S/C18H18Cl3N3OS/c1-11-3-7-13(8-4-11)15(25)23-16(18(19,20)21)24-17(26)22-14-9-5-12(2)6-10-14/h3-10,16H,1-2H3,(H,23,25)(H2,22,24,26)/t16-/m0/s1. The van der Waals surface area contributed by atoms with Gasteiger partial charge in [-0.3, -0.25) is 4.79 Å². The second kappa shape index (κ2) is 8.91. The maximum absolute atomic E-state index is 12.4. The van der Waals surface area contributed by atoms with Gasteiger partial charge in [0.1, 0.15) is 6.17 Å². The second-order valence-electron chi connectivity index (χ2n) is 5.78. The SMILES string of the molecule is Cc1ccc(NC(=S)N[C@H](NC(=O)c2ccc(C)cc2)C(Cl)(Cl)Cl)cc1. The van der Waals surface area contributed by atoms with Crippen LogP contribution in [0.25, 0.3) is 0 Å². The van der Waals surface area contributed by atoms with Crippen LogP contribution in [0.3, 0.4) is 0 Å². The van der Waals surface area contributed by atoms with Crippen LogP contribution >= 0.6 is 47.0 Å². The van der Waals surface area contributed by atoms with Crippen molar-refractivity contribution in [3.63, 3.8) is 0 Å². The van der Waals surface area contributed by atoms with Crippen molar-refractivity contribution in [1.29, 1.82) is 0 Å². The van der Waals surface area contributed by atoms with Gasteiger partial charge in [-0.2, -0.15) is 0 Å². The summed E-state index contributed by atoms with van der Waals surface area (Å²) in [6.07, 6.45) is -1.02. The van der Waals surface area contributed by atoms with Crippen LogP contribution in [0, 0.1) is 13.8 Å². The molecule has 2 rings (SSSR count). The van der Waals surface area contributed by atoms with E-state index in [0.717, 1.165) is 16.8 Å². The van der Waals surface area contributed by atoms with Crippen LogP contribution in [-0.2, 0) is 0 Å². The largest absolute Gasteiger partial charge is 0.339 e. The van der Waals surface area contributed by atoms with Gasteiger partial charge in [-0.25, -0.2) is 0 Å². The molecule has 0 spiro atoms. The number of nitrogens with one attached hydrogen (secondary N) is 3. The monoisotopic (exact) mass is 429 g/mol. The number of carbonyl (C=O) groups is 1. The average Bonchev–Trinajstić information content (AvgIpc) is 2.56. The number of benzene rings is 2. The molecule has 0 aliphatic rings. The Hall–Kier alpha value is -1.53. The number of thiocarbonyl (C=S) groups is 1. The van der Waals surface area contributed by atoms with Crippen molar-refractivity contribution < 1.29 is 4.79 Å². The van der Waals surface area contributed by atoms with E-state index in [1.54, 1.807) is 12.1 Å². The van der Waals surface area contributed by atoms with E-state index in [9.17, 15) is 4.79 Å². The number of amides is 1. The molecule has 26 heavy (non-hydrogen) atoms. The number of alkyl halides is 3. The van der Waals surface area contributed by atoms with Crippen molar-refractivity contribution in [3.05, 3.63) is 65.2 Å². The van der Waals surface area contributed by atoms with E-state index in [2.05, 4.69) is 16.0 Å². The Morgan fingerprint density at radius 1 is 0.923 bits per heavy atom. The topological polar surface area (TPSA) is 53.2 Å². The summed E-state index contributed by atoms with van der Waals surface area (Å²) in [5.74, 6) is -0.382. The zero-order valence-electron chi connectivity index (χ0n) is 14.1. The van der Waals surface area contributed by atoms with Crippen molar-refractivity contribution in [2.75, 3.05) is 5.32 Å². The lowest BCUT2D eigenvalue weighted by molar-refractivity contribution is 0.0934. The van der Waals surface area contributed by atoms with Crippen molar-refractivity contribution in [1.82, 2.24) is 10.6 Å². The third kappa shape index (κ3) is 6.32. The molecule has 1 atom stereocenters. The lowest BCUT2D eigenvalue weighted by Gasteiger charge is -2.27. The molecule has 0 aliphatic carbocycles. The Bertz CT molecular complexity index is 774. The van der Waals surface area contributed by atoms with Crippen molar-refractivity contribution in [2.24, 2.45) is 0 Å². The third-order valence-electron chi connectivity index (χ3n) is 3.50. The van der Waals surface area contributed by atoms with Gasteiger partial charge in [0.2, 0.25) is 3.79 Å². The number of carbonyl (C=O) groups excluding carboxylic acids is 1. The van der Waals surface area contributed by atoms with Gasteiger partial charge in [-0.1, -0.05) is 70.2 Å². The molecule has 3 N–H and O–H groups in total. The smallest absolute Gasteiger partial charge is 0.252 e. The molecule has 0 unspecified atom stereocenters. The zero-order chi connectivity index (χ0) is 19.3. The molecule has 1 amide bonds. The fourth-order valence-electron chi connectivity index (χ4n) is 2.05. The lowest BCUT2D eigenvalue weighted by atomic mass is 10.1. The quantitative estimate of drug-likeness (QED) is 0.373. The first-order valence-corrected chi connectivity index (χ1v) is 9.28. The fourth-order valence-corrected chi connectivity index (χ4v) is 2.62. The van der Waals surface area contributed by atoms with Crippen molar-refractivity contribution in [3.8, 4) is 0 Å². The molecule has 2 aromatic rings. The Morgan fingerprint density at radius 3 is 1.92 bits per heavy atom. The number of halogens is 3. The second-order valence-corrected chi connectivity index (χ2v) is 8.56. The maximum atomic E-state index is 12.4. The van der Waals surface area contributed by atoms with E-state index < -0.39 is 9.96 Å². The predicted molar refractivity (Wildman–Crippen MR) is 113 cm³/mol. The van der Waals surface area contributed by atoms with E-state index in [1.807, 2.05) is 50.2 Å². The number of hydrogen-bond acceptors (Lipinski definition) is 2. The van der Waals surface area contributed by atoms with E-state index in [4.69, 9.17) is 47.0 Å². The first-order chi connectivity index (χ1) is 12.1. The Labute approximate surface area is 173 Å². The summed E-state index contributed by atoms with van der Waals surface area (Å²) >= 11 is 23.2. The molecule has 0 aromatic heterocycles. The molecule has 0 bridgehead atoms. The molecule has 138 valence electrons. The van der Waals surface area contributed by atoms with Crippen LogP contribution in [0.15, 0.2) is 48.5 Å². The summed E-state index contributed by atoms with van der Waals surface area (Å²) in [7, 11) is 0. The van der Waals surface area contributed by atoms with Crippen molar-refractivity contribution >= 4 is 63.7 Å². The van der Waals surface area contributed by atoms with E-state index >= 15 is 0 Å². The molecule has 0 heterocycles. The summed E-state index contributed by atoms with van der Waals surface area (Å²) < 4.78 is -1.81. The van der Waals surface area contributed by atoms with E-state index in [-0.39, 0.29) is 11.0 Å². The summed E-state index contributed by atoms with van der Waals surface area (Å²) in [6.45, 7) is 3.92. The molecule has 0 radical (unpaired) electrons. The highest BCUT2D eigenvalue weighted by atomic mass is 35.6. The Kier molecular flexibility index (Phi) is 7.12. The molecule has 0 saturated heterocycles. The summed E-state index contributed by atoms with van der Waals surface area (Å²) in [4.78, 5) is 12.4. The highest BCUT2D eigenvalue weighted by Crippen LogP contribution is 2.29. The lowest BCUT2D eigenvalue weighted by Crippen LogP contribution is -2.56. The van der Waals surface area contributed by atoms with Crippen LogP contribution in [0.4, 0.5) is 5.69 Å². The number of aryl methyl sites for hydroxylation is 2. The van der Waals surface area contributed by atoms with Crippen LogP contribution in [0.1, 0.15) is 21.5 Å². The van der Waals surface area contributed by atoms with Crippen LogP contribution in [0.5, 0.6) is 0 Å². The summed E-state index contributed by atoms with van der Waals surface area (Å²) in [6, 6.07) is 14.7. The molecule has 2 aromatic carbocycles. The predicted octanol–water partition coefficient (Wildman–Crippen LogP) is 4.72. The normalized spacial score (nSPS) is 12.2. The Balaban J connectivity index is 2.04. The highest BCUT2D eigenvalue weighted by Gasteiger charge is 2.34.